The van der Waals surface area contributed by atoms with E-state index in [-0.39, 0.29) is 11.8 Å². The molecule has 0 atom stereocenters. The number of rotatable bonds is 8. The highest BCUT2D eigenvalue weighted by atomic mass is 128. The van der Waals surface area contributed by atoms with Crippen molar-refractivity contribution >= 4 is 49.0 Å². The van der Waals surface area contributed by atoms with Gasteiger partial charge in [0.15, 0.2) is 0 Å². The summed E-state index contributed by atoms with van der Waals surface area (Å²) in [5.74, 6) is 0.0727. The minimum Gasteiger partial charge on any atom is -0.356 e. The molecule has 0 aromatic carbocycles. The minimum absolute atomic E-state index is 0.0236. The fraction of sp³-hybridized carbons (Fsp3) is 0.818. The van der Waals surface area contributed by atoms with Crippen molar-refractivity contribution in [3.8, 4) is 0 Å². The second-order valence-corrected chi connectivity index (χ2v) is 3.80. The average Bonchev–Trinajstić information content (AvgIpc) is 2.34. The molecule has 0 aromatic rings. The smallest absolute Gasteiger partial charge is 0.219 e. The third kappa shape index (κ3) is 14.4. The van der Waals surface area contributed by atoms with E-state index in [1.807, 2.05) is 11.9 Å². The van der Waals surface area contributed by atoms with Gasteiger partial charge >= 0.3 is 0 Å². The van der Waals surface area contributed by atoms with Crippen molar-refractivity contribution in [1.82, 2.24) is 15.5 Å². The Kier molecular flexibility index (Phi) is 17.7. The van der Waals surface area contributed by atoms with Crippen LogP contribution in [0.3, 0.4) is 0 Å². The SMILES string of the molecule is CNCCCN(CCCNC(C)=O)C(C)=O.II. The van der Waals surface area contributed by atoms with Gasteiger partial charge in [-0.15, -0.1) is 0 Å². The number of carbonyl (C=O) groups is 2. The van der Waals surface area contributed by atoms with E-state index in [0.717, 1.165) is 25.9 Å². The van der Waals surface area contributed by atoms with E-state index in [4.69, 9.17) is 0 Å². The van der Waals surface area contributed by atoms with Crippen LogP contribution in [0, 0.1) is 0 Å². The molecule has 0 aliphatic carbocycles. The highest BCUT2D eigenvalue weighted by Crippen LogP contribution is 1.94. The van der Waals surface area contributed by atoms with Gasteiger partial charge in [-0.3, -0.25) is 9.59 Å². The Hall–Kier alpha value is 0.360. The normalized spacial score (nSPS) is 9.17. The van der Waals surface area contributed by atoms with Gasteiger partial charge in [-0.2, -0.15) is 0 Å². The van der Waals surface area contributed by atoms with E-state index < -0.39 is 0 Å². The highest BCUT2D eigenvalue weighted by Gasteiger charge is 2.07. The zero-order valence-electron chi connectivity index (χ0n) is 11.3. The van der Waals surface area contributed by atoms with Crippen LogP contribution in [-0.2, 0) is 9.59 Å². The molecule has 0 rings (SSSR count). The lowest BCUT2D eigenvalue weighted by Crippen LogP contribution is -2.34. The summed E-state index contributed by atoms with van der Waals surface area (Å²) >= 11 is 4.24. The maximum Gasteiger partial charge on any atom is 0.219 e. The van der Waals surface area contributed by atoms with Gasteiger partial charge in [-0.1, -0.05) is 0 Å². The molecule has 0 aromatic heterocycles. The van der Waals surface area contributed by atoms with Gasteiger partial charge in [0, 0.05) is 70.7 Å². The second kappa shape index (κ2) is 15.4. The summed E-state index contributed by atoms with van der Waals surface area (Å²) in [6.45, 7) is 6.10. The predicted octanol–water partition coefficient (Wildman–Crippen LogP) is 1.74. The van der Waals surface area contributed by atoms with E-state index in [1.54, 1.807) is 6.92 Å². The Balaban J connectivity index is 0. The molecule has 5 nitrogen and oxygen atoms in total. The zero-order chi connectivity index (χ0) is 14.4. The summed E-state index contributed by atoms with van der Waals surface area (Å²) in [4.78, 5) is 23.7. The zero-order valence-corrected chi connectivity index (χ0v) is 15.6. The van der Waals surface area contributed by atoms with E-state index in [9.17, 15) is 9.59 Å². The fourth-order valence-electron chi connectivity index (χ4n) is 1.41. The lowest BCUT2D eigenvalue weighted by Gasteiger charge is -2.20. The van der Waals surface area contributed by atoms with Gasteiger partial charge in [-0.05, 0) is 26.4 Å². The standard InChI is InChI=1S/C11H23N3O2.I2/c1-10(15)13-7-5-9-14(11(2)16)8-4-6-12-3;1-2/h12H,4-9H2,1-3H3,(H,13,15);. The summed E-state index contributed by atoms with van der Waals surface area (Å²) in [7, 11) is 1.90. The Morgan fingerprint density at radius 1 is 1.06 bits per heavy atom. The topological polar surface area (TPSA) is 61.4 Å². The van der Waals surface area contributed by atoms with Crippen LogP contribution in [0.25, 0.3) is 0 Å². The Morgan fingerprint density at radius 2 is 1.56 bits per heavy atom. The first-order chi connectivity index (χ1) is 8.57. The molecule has 0 heterocycles. The first-order valence-electron chi connectivity index (χ1n) is 5.86. The average molecular weight is 483 g/mol. The Bertz CT molecular complexity index is 228. The predicted molar refractivity (Wildman–Crippen MR) is 92.1 cm³/mol. The maximum absolute atomic E-state index is 11.3. The van der Waals surface area contributed by atoms with Gasteiger partial charge in [0.05, 0.1) is 0 Å². The van der Waals surface area contributed by atoms with Crippen molar-refractivity contribution in [2.45, 2.75) is 26.7 Å². The molecule has 0 aliphatic heterocycles. The number of halogens is 2. The number of amides is 2. The lowest BCUT2D eigenvalue weighted by atomic mass is 10.3. The van der Waals surface area contributed by atoms with Gasteiger partial charge < -0.3 is 15.5 Å². The molecule has 0 aliphatic rings. The lowest BCUT2D eigenvalue weighted by molar-refractivity contribution is -0.128. The Labute approximate surface area is 133 Å². The van der Waals surface area contributed by atoms with Crippen molar-refractivity contribution in [1.29, 1.82) is 0 Å². The summed E-state index contributed by atoms with van der Waals surface area (Å²) in [5, 5.41) is 5.77. The molecule has 2 N–H and O–H groups in total. The molecule has 0 unspecified atom stereocenters. The summed E-state index contributed by atoms with van der Waals surface area (Å²) in [5.41, 5.74) is 0. The van der Waals surface area contributed by atoms with Crippen LogP contribution in [-0.4, -0.2) is 49.9 Å². The third-order valence-corrected chi connectivity index (χ3v) is 2.28. The summed E-state index contributed by atoms with van der Waals surface area (Å²) < 4.78 is 0. The number of hydrogen-bond donors (Lipinski definition) is 2. The minimum atomic E-state index is -0.0236. The quantitative estimate of drug-likeness (QED) is 0.409. The molecule has 0 bridgehead atoms. The molecule has 2 amide bonds. The van der Waals surface area contributed by atoms with Crippen LogP contribution >= 0.6 is 37.2 Å². The molecule has 0 spiro atoms. The number of carbonyl (C=O) groups excluding carboxylic acids is 2. The molecule has 0 radical (unpaired) electrons. The van der Waals surface area contributed by atoms with Crippen LogP contribution in [0.15, 0.2) is 0 Å². The maximum atomic E-state index is 11.3. The van der Waals surface area contributed by atoms with Gasteiger partial charge in [0.1, 0.15) is 0 Å². The molecule has 108 valence electrons. The number of nitrogens with zero attached hydrogens (tertiary/aromatic N) is 1. The Morgan fingerprint density at radius 3 is 1.94 bits per heavy atom. The van der Waals surface area contributed by atoms with Crippen molar-refractivity contribution in [2.24, 2.45) is 0 Å². The molecule has 0 fully saturated rings. The fourth-order valence-corrected chi connectivity index (χ4v) is 1.41. The number of hydrogen-bond acceptors (Lipinski definition) is 3. The third-order valence-electron chi connectivity index (χ3n) is 2.28. The molecule has 7 heteroatoms. The van der Waals surface area contributed by atoms with E-state index >= 15 is 0 Å². The first kappa shape index (κ1) is 20.7. The van der Waals surface area contributed by atoms with E-state index in [0.29, 0.717) is 13.1 Å². The van der Waals surface area contributed by atoms with Gasteiger partial charge in [-0.25, -0.2) is 0 Å². The van der Waals surface area contributed by atoms with Crippen LogP contribution in [0.4, 0.5) is 0 Å². The molecular formula is C11H23I2N3O2. The monoisotopic (exact) mass is 483 g/mol. The second-order valence-electron chi connectivity index (χ2n) is 3.80. The van der Waals surface area contributed by atoms with Crippen LogP contribution < -0.4 is 10.6 Å². The first-order valence-corrected chi connectivity index (χ1v) is 12.1. The van der Waals surface area contributed by atoms with Crippen molar-refractivity contribution in [2.75, 3.05) is 33.2 Å². The number of nitrogens with one attached hydrogen (secondary N) is 2. The molecule has 0 saturated heterocycles. The van der Waals surface area contributed by atoms with E-state index in [2.05, 4.69) is 47.9 Å². The van der Waals surface area contributed by atoms with Gasteiger partial charge in [0.25, 0.3) is 0 Å². The molecule has 18 heavy (non-hydrogen) atoms. The van der Waals surface area contributed by atoms with Crippen LogP contribution in [0.1, 0.15) is 26.7 Å². The van der Waals surface area contributed by atoms with Crippen LogP contribution in [0.2, 0.25) is 0 Å². The van der Waals surface area contributed by atoms with E-state index in [1.165, 1.54) is 6.92 Å². The highest BCUT2D eigenvalue weighted by molar-refractivity contribution is 15.0. The molecular weight excluding hydrogens is 460 g/mol. The van der Waals surface area contributed by atoms with Crippen LogP contribution in [0.5, 0.6) is 0 Å². The van der Waals surface area contributed by atoms with Crippen molar-refractivity contribution < 1.29 is 9.59 Å². The summed E-state index contributed by atoms with van der Waals surface area (Å²) in [6, 6.07) is 0. The molecule has 0 saturated carbocycles. The van der Waals surface area contributed by atoms with Crippen molar-refractivity contribution in [3.63, 3.8) is 0 Å². The largest absolute Gasteiger partial charge is 0.356 e. The van der Waals surface area contributed by atoms with Crippen molar-refractivity contribution in [3.05, 3.63) is 0 Å². The summed E-state index contributed by atoms with van der Waals surface area (Å²) in [6.07, 6.45) is 1.76. The van der Waals surface area contributed by atoms with Gasteiger partial charge in [0.2, 0.25) is 11.8 Å².